The summed E-state index contributed by atoms with van der Waals surface area (Å²) in [6, 6.07) is 5.99. The lowest BCUT2D eigenvalue weighted by Crippen LogP contribution is -2.15. The highest BCUT2D eigenvalue weighted by molar-refractivity contribution is 7.09. The van der Waals surface area contributed by atoms with Crippen molar-refractivity contribution in [2.45, 2.75) is 25.7 Å². The Labute approximate surface area is 129 Å². The van der Waals surface area contributed by atoms with Gasteiger partial charge in [-0.2, -0.15) is 0 Å². The maximum Gasteiger partial charge on any atom is 0.164 e. The molecule has 0 bridgehead atoms. The smallest absolute Gasteiger partial charge is 0.164 e. The van der Waals surface area contributed by atoms with Crippen LogP contribution in [0.2, 0.25) is 0 Å². The fourth-order valence-corrected chi connectivity index (χ4v) is 2.98. The minimum absolute atomic E-state index is 0.209. The molecule has 0 saturated carbocycles. The molecule has 1 aromatic heterocycles. The highest BCUT2D eigenvalue weighted by Gasteiger charge is 2.18. The number of para-hydroxylation sites is 1. The van der Waals surface area contributed by atoms with E-state index in [1.54, 1.807) is 18.4 Å². The Bertz CT molecular complexity index is 543. The van der Waals surface area contributed by atoms with Crippen molar-refractivity contribution >= 4 is 11.3 Å². The van der Waals surface area contributed by atoms with E-state index in [-0.39, 0.29) is 5.92 Å². The largest absolute Gasteiger partial charge is 0.493 e. The molecule has 0 radical (unpaired) electrons. The quantitative estimate of drug-likeness (QED) is 0.813. The van der Waals surface area contributed by atoms with Crippen LogP contribution in [0.1, 0.15) is 29.8 Å². The molecule has 0 amide bonds. The van der Waals surface area contributed by atoms with Gasteiger partial charge in [0.15, 0.2) is 11.5 Å². The first-order chi connectivity index (χ1) is 10.3. The van der Waals surface area contributed by atoms with Crippen LogP contribution in [0.25, 0.3) is 0 Å². The van der Waals surface area contributed by atoms with Crippen molar-refractivity contribution in [1.82, 2.24) is 4.98 Å². The molecule has 0 aliphatic rings. The zero-order chi connectivity index (χ0) is 15.1. The molecule has 4 nitrogen and oxygen atoms in total. The third-order valence-electron chi connectivity index (χ3n) is 3.28. The molecule has 5 heteroatoms. The lowest BCUT2D eigenvalue weighted by atomic mass is 9.99. The summed E-state index contributed by atoms with van der Waals surface area (Å²) in [5.74, 6) is 1.81. The van der Waals surface area contributed by atoms with Crippen LogP contribution in [0.5, 0.6) is 11.5 Å². The first-order valence-electron chi connectivity index (χ1n) is 7.18. The molecular weight excluding hydrogens is 284 g/mol. The highest BCUT2D eigenvalue weighted by Crippen LogP contribution is 2.34. The van der Waals surface area contributed by atoms with Crippen molar-refractivity contribution in [2.24, 2.45) is 5.73 Å². The summed E-state index contributed by atoms with van der Waals surface area (Å²) >= 11 is 1.65. The summed E-state index contributed by atoms with van der Waals surface area (Å²) in [4.78, 5) is 4.38. The number of thiazole rings is 1. The molecule has 114 valence electrons. The van der Waals surface area contributed by atoms with E-state index < -0.39 is 0 Å². The van der Waals surface area contributed by atoms with Crippen LogP contribution >= 0.6 is 11.3 Å². The number of aromatic nitrogens is 1. The predicted octanol–water partition coefficient (Wildman–Crippen LogP) is 3.23. The van der Waals surface area contributed by atoms with Gasteiger partial charge in [-0.05, 0) is 24.5 Å². The maximum absolute atomic E-state index is 5.93. The molecule has 1 unspecified atom stereocenters. The van der Waals surface area contributed by atoms with Crippen molar-refractivity contribution in [3.63, 3.8) is 0 Å². The van der Waals surface area contributed by atoms with Crippen LogP contribution in [-0.2, 0) is 6.42 Å². The Kier molecular flexibility index (Phi) is 6.02. The van der Waals surface area contributed by atoms with Gasteiger partial charge in [-0.3, -0.25) is 0 Å². The third-order valence-corrected chi connectivity index (χ3v) is 4.22. The standard InChI is InChI=1S/C16H22N2O2S/c1-3-8-20-15-12(5-4-6-14(15)19-2)10-13(11-17)16-18-7-9-21-16/h4-7,9,13H,3,8,10-11,17H2,1-2H3. The van der Waals surface area contributed by atoms with Gasteiger partial charge in [-0.25, -0.2) is 4.98 Å². The number of nitrogens with two attached hydrogens (primary N) is 1. The number of methoxy groups -OCH3 is 1. The summed E-state index contributed by atoms with van der Waals surface area (Å²) in [6.07, 6.45) is 3.59. The van der Waals surface area contributed by atoms with Crippen LogP contribution in [0, 0.1) is 0 Å². The first kappa shape index (κ1) is 15.8. The zero-order valence-corrected chi connectivity index (χ0v) is 13.4. The van der Waals surface area contributed by atoms with Gasteiger partial charge in [0, 0.05) is 24.0 Å². The number of nitrogens with zero attached hydrogens (tertiary/aromatic N) is 1. The second-order valence-electron chi connectivity index (χ2n) is 4.80. The number of rotatable bonds is 8. The predicted molar refractivity (Wildman–Crippen MR) is 86.4 cm³/mol. The van der Waals surface area contributed by atoms with Crippen molar-refractivity contribution in [1.29, 1.82) is 0 Å². The monoisotopic (exact) mass is 306 g/mol. The third kappa shape index (κ3) is 3.95. The van der Waals surface area contributed by atoms with Gasteiger partial charge in [-0.1, -0.05) is 19.1 Å². The van der Waals surface area contributed by atoms with E-state index in [1.165, 1.54) is 0 Å². The minimum atomic E-state index is 0.209. The Hall–Kier alpha value is -1.59. The van der Waals surface area contributed by atoms with E-state index >= 15 is 0 Å². The van der Waals surface area contributed by atoms with E-state index in [0.717, 1.165) is 34.9 Å². The van der Waals surface area contributed by atoms with Crippen molar-refractivity contribution in [3.05, 3.63) is 40.3 Å². The van der Waals surface area contributed by atoms with Crippen LogP contribution in [0.4, 0.5) is 0 Å². The van der Waals surface area contributed by atoms with Crippen molar-refractivity contribution in [3.8, 4) is 11.5 Å². The number of ether oxygens (including phenoxy) is 2. The molecule has 0 aliphatic heterocycles. The molecule has 0 aliphatic carbocycles. The second kappa shape index (κ2) is 8.00. The molecule has 1 aromatic carbocycles. The van der Waals surface area contributed by atoms with Crippen LogP contribution in [0.15, 0.2) is 29.8 Å². The summed E-state index contributed by atoms with van der Waals surface area (Å²) in [6.45, 7) is 3.34. The van der Waals surface area contributed by atoms with Crippen LogP contribution in [0.3, 0.4) is 0 Å². The number of benzene rings is 1. The van der Waals surface area contributed by atoms with Crippen molar-refractivity contribution < 1.29 is 9.47 Å². The Morgan fingerprint density at radius 3 is 2.86 bits per heavy atom. The molecule has 21 heavy (non-hydrogen) atoms. The Morgan fingerprint density at radius 1 is 1.38 bits per heavy atom. The molecule has 2 rings (SSSR count). The van der Waals surface area contributed by atoms with Gasteiger partial charge in [0.2, 0.25) is 0 Å². The van der Waals surface area contributed by atoms with Crippen LogP contribution < -0.4 is 15.2 Å². The van der Waals surface area contributed by atoms with E-state index in [9.17, 15) is 0 Å². The lowest BCUT2D eigenvalue weighted by Gasteiger charge is -2.18. The molecular formula is C16H22N2O2S. The molecule has 1 heterocycles. The van der Waals surface area contributed by atoms with Crippen LogP contribution in [-0.4, -0.2) is 25.2 Å². The minimum Gasteiger partial charge on any atom is -0.493 e. The van der Waals surface area contributed by atoms with Crippen molar-refractivity contribution in [2.75, 3.05) is 20.3 Å². The van der Waals surface area contributed by atoms with Gasteiger partial charge in [-0.15, -0.1) is 11.3 Å². The fourth-order valence-electron chi connectivity index (χ4n) is 2.22. The molecule has 0 fully saturated rings. The normalized spacial score (nSPS) is 12.1. The molecule has 0 spiro atoms. The fraction of sp³-hybridized carbons (Fsp3) is 0.438. The average molecular weight is 306 g/mol. The summed E-state index contributed by atoms with van der Waals surface area (Å²) < 4.78 is 11.3. The van der Waals surface area contributed by atoms with E-state index in [4.69, 9.17) is 15.2 Å². The Morgan fingerprint density at radius 2 is 2.24 bits per heavy atom. The van der Waals surface area contributed by atoms with E-state index in [1.807, 2.05) is 23.7 Å². The lowest BCUT2D eigenvalue weighted by molar-refractivity contribution is 0.290. The SMILES string of the molecule is CCCOc1c(CC(CN)c2nccs2)cccc1OC. The van der Waals surface area contributed by atoms with Gasteiger partial charge < -0.3 is 15.2 Å². The molecule has 2 N–H and O–H groups in total. The zero-order valence-electron chi connectivity index (χ0n) is 12.5. The Balaban J connectivity index is 2.25. The first-order valence-corrected chi connectivity index (χ1v) is 8.06. The van der Waals surface area contributed by atoms with Gasteiger partial charge in [0.05, 0.1) is 18.7 Å². The number of hydrogen-bond donors (Lipinski definition) is 1. The molecule has 0 saturated heterocycles. The summed E-state index contributed by atoms with van der Waals surface area (Å²) in [7, 11) is 1.67. The second-order valence-corrected chi connectivity index (χ2v) is 5.73. The van der Waals surface area contributed by atoms with Gasteiger partial charge >= 0.3 is 0 Å². The van der Waals surface area contributed by atoms with E-state index in [0.29, 0.717) is 13.2 Å². The molecule has 2 aromatic rings. The van der Waals surface area contributed by atoms with Gasteiger partial charge in [0.25, 0.3) is 0 Å². The topological polar surface area (TPSA) is 57.4 Å². The average Bonchev–Trinajstić information content (AvgIpc) is 3.05. The molecule has 1 atom stereocenters. The summed E-state index contributed by atoms with van der Waals surface area (Å²) in [5.41, 5.74) is 7.05. The van der Waals surface area contributed by atoms with E-state index in [2.05, 4.69) is 18.0 Å². The number of hydrogen-bond acceptors (Lipinski definition) is 5. The highest BCUT2D eigenvalue weighted by atomic mass is 32.1. The van der Waals surface area contributed by atoms with Gasteiger partial charge in [0.1, 0.15) is 0 Å². The summed E-state index contributed by atoms with van der Waals surface area (Å²) in [5, 5.41) is 3.06. The maximum atomic E-state index is 5.93.